The molecule has 1 fully saturated rings. The van der Waals surface area contributed by atoms with Crippen LogP contribution in [0.3, 0.4) is 0 Å². The van der Waals surface area contributed by atoms with Gasteiger partial charge in [0.05, 0.1) is 6.61 Å². The zero-order valence-electron chi connectivity index (χ0n) is 10.6. The van der Waals surface area contributed by atoms with Gasteiger partial charge in [-0.3, -0.25) is 0 Å². The molecule has 15 heavy (non-hydrogen) atoms. The molecule has 1 aliphatic rings. The fourth-order valence-electron chi connectivity index (χ4n) is 1.56. The summed E-state index contributed by atoms with van der Waals surface area (Å²) in [6.45, 7) is 12.5. The predicted octanol–water partition coefficient (Wildman–Crippen LogP) is 1.38. The molecule has 0 aromatic rings. The highest BCUT2D eigenvalue weighted by Crippen LogP contribution is 2.27. The van der Waals surface area contributed by atoms with Gasteiger partial charge in [0.15, 0.2) is 0 Å². The average Bonchev–Trinajstić information content (AvgIpc) is 2.54. The summed E-state index contributed by atoms with van der Waals surface area (Å²) in [5, 5.41) is 3.51. The third-order valence-electron chi connectivity index (χ3n) is 3.77. The number of ether oxygens (including phenoxy) is 1. The van der Waals surface area contributed by atoms with Crippen LogP contribution in [0.15, 0.2) is 0 Å². The van der Waals surface area contributed by atoms with Crippen LogP contribution in [-0.2, 0) is 4.74 Å². The molecule has 90 valence electrons. The van der Waals surface area contributed by atoms with Crippen LogP contribution in [0.2, 0.25) is 0 Å². The Morgan fingerprint density at radius 3 is 2.47 bits per heavy atom. The zero-order chi connectivity index (χ0) is 11.5. The topological polar surface area (TPSA) is 47.3 Å². The van der Waals surface area contributed by atoms with Gasteiger partial charge in [-0.15, -0.1) is 0 Å². The second-order valence-electron chi connectivity index (χ2n) is 5.97. The molecule has 1 rings (SSSR count). The van der Waals surface area contributed by atoms with Crippen molar-refractivity contribution in [3.05, 3.63) is 0 Å². The van der Waals surface area contributed by atoms with Gasteiger partial charge in [0.1, 0.15) is 0 Å². The second-order valence-corrected chi connectivity index (χ2v) is 5.97. The molecule has 0 bridgehead atoms. The van der Waals surface area contributed by atoms with Crippen molar-refractivity contribution in [1.82, 2.24) is 5.32 Å². The van der Waals surface area contributed by atoms with Crippen molar-refractivity contribution in [3.63, 3.8) is 0 Å². The third-order valence-corrected chi connectivity index (χ3v) is 3.77. The molecule has 0 aromatic carbocycles. The lowest BCUT2D eigenvalue weighted by molar-refractivity contribution is 0.176. The zero-order valence-corrected chi connectivity index (χ0v) is 10.6. The summed E-state index contributed by atoms with van der Waals surface area (Å²) in [6.07, 6.45) is 1.19. The number of rotatable bonds is 5. The van der Waals surface area contributed by atoms with Gasteiger partial charge in [0.25, 0.3) is 0 Å². The SMILES string of the molecule is CC(C)(N)C(C)(C)CNCC1CCOC1. The molecule has 1 atom stereocenters. The van der Waals surface area contributed by atoms with Crippen LogP contribution in [0.25, 0.3) is 0 Å². The molecule has 0 amide bonds. The molecule has 3 N–H and O–H groups in total. The van der Waals surface area contributed by atoms with Gasteiger partial charge in [0, 0.05) is 25.2 Å². The summed E-state index contributed by atoms with van der Waals surface area (Å²) in [6, 6.07) is 0. The molecule has 0 aromatic heterocycles. The first kappa shape index (κ1) is 12.9. The highest BCUT2D eigenvalue weighted by molar-refractivity contribution is 4.91. The lowest BCUT2D eigenvalue weighted by Gasteiger charge is -2.39. The van der Waals surface area contributed by atoms with E-state index in [0.717, 1.165) is 26.3 Å². The van der Waals surface area contributed by atoms with Crippen molar-refractivity contribution in [3.8, 4) is 0 Å². The monoisotopic (exact) mass is 214 g/mol. The molecule has 0 aliphatic carbocycles. The minimum Gasteiger partial charge on any atom is -0.381 e. The maximum Gasteiger partial charge on any atom is 0.0507 e. The second kappa shape index (κ2) is 4.81. The number of nitrogens with one attached hydrogen (secondary N) is 1. The van der Waals surface area contributed by atoms with Crippen molar-refractivity contribution in [2.24, 2.45) is 17.1 Å². The standard InChI is InChI=1S/C12H26N2O/c1-11(2,12(3,4)13)9-14-7-10-5-6-15-8-10/h10,14H,5-9,13H2,1-4H3. The third kappa shape index (κ3) is 3.74. The Morgan fingerprint density at radius 1 is 1.33 bits per heavy atom. The smallest absolute Gasteiger partial charge is 0.0507 e. The molecule has 1 heterocycles. The van der Waals surface area contributed by atoms with Gasteiger partial charge in [-0.05, 0) is 31.6 Å². The Hall–Kier alpha value is -0.120. The van der Waals surface area contributed by atoms with E-state index in [1.807, 2.05) is 0 Å². The van der Waals surface area contributed by atoms with Gasteiger partial charge in [-0.2, -0.15) is 0 Å². The molecule has 1 aliphatic heterocycles. The first-order valence-corrected chi connectivity index (χ1v) is 5.90. The molecular weight excluding hydrogens is 188 g/mol. The van der Waals surface area contributed by atoms with E-state index in [1.54, 1.807) is 0 Å². The van der Waals surface area contributed by atoms with Crippen LogP contribution in [0.1, 0.15) is 34.1 Å². The van der Waals surface area contributed by atoms with Crippen LogP contribution < -0.4 is 11.1 Å². The Bertz CT molecular complexity index is 190. The summed E-state index contributed by atoms with van der Waals surface area (Å²) in [7, 11) is 0. The molecular formula is C12H26N2O. The van der Waals surface area contributed by atoms with E-state index in [0.29, 0.717) is 5.92 Å². The normalized spacial score (nSPS) is 23.4. The van der Waals surface area contributed by atoms with E-state index < -0.39 is 0 Å². The summed E-state index contributed by atoms with van der Waals surface area (Å²) in [4.78, 5) is 0. The van der Waals surface area contributed by atoms with Crippen molar-refractivity contribution >= 4 is 0 Å². The largest absolute Gasteiger partial charge is 0.381 e. The van der Waals surface area contributed by atoms with E-state index in [9.17, 15) is 0 Å². The van der Waals surface area contributed by atoms with Crippen LogP contribution in [0.5, 0.6) is 0 Å². The Kier molecular flexibility index (Phi) is 4.15. The van der Waals surface area contributed by atoms with Crippen LogP contribution in [0, 0.1) is 11.3 Å². The van der Waals surface area contributed by atoms with Crippen molar-refractivity contribution in [2.75, 3.05) is 26.3 Å². The summed E-state index contributed by atoms with van der Waals surface area (Å²) in [5.74, 6) is 0.696. The molecule has 1 unspecified atom stereocenters. The van der Waals surface area contributed by atoms with Crippen LogP contribution in [0.4, 0.5) is 0 Å². The first-order valence-electron chi connectivity index (χ1n) is 5.90. The van der Waals surface area contributed by atoms with Crippen molar-refractivity contribution < 1.29 is 4.74 Å². The lowest BCUT2D eigenvalue weighted by atomic mass is 9.75. The van der Waals surface area contributed by atoms with E-state index in [4.69, 9.17) is 10.5 Å². The first-order chi connectivity index (χ1) is 6.83. The van der Waals surface area contributed by atoms with Gasteiger partial charge in [-0.25, -0.2) is 0 Å². The molecule has 0 radical (unpaired) electrons. The molecule has 3 nitrogen and oxygen atoms in total. The number of hydrogen-bond acceptors (Lipinski definition) is 3. The minimum atomic E-state index is -0.147. The van der Waals surface area contributed by atoms with Crippen LogP contribution in [-0.4, -0.2) is 31.8 Å². The van der Waals surface area contributed by atoms with Crippen molar-refractivity contribution in [2.45, 2.75) is 39.7 Å². The quantitative estimate of drug-likeness (QED) is 0.727. The number of hydrogen-bond donors (Lipinski definition) is 2. The Morgan fingerprint density at radius 2 is 2.00 bits per heavy atom. The number of nitrogens with two attached hydrogens (primary N) is 1. The van der Waals surface area contributed by atoms with E-state index >= 15 is 0 Å². The lowest BCUT2D eigenvalue weighted by Crippen LogP contribution is -2.52. The molecule has 0 saturated carbocycles. The molecule has 0 spiro atoms. The molecule has 3 heteroatoms. The highest BCUT2D eigenvalue weighted by atomic mass is 16.5. The summed E-state index contributed by atoms with van der Waals surface area (Å²) in [5.41, 5.74) is 6.11. The van der Waals surface area contributed by atoms with E-state index in [2.05, 4.69) is 33.0 Å². The van der Waals surface area contributed by atoms with E-state index in [-0.39, 0.29) is 11.0 Å². The van der Waals surface area contributed by atoms with Gasteiger partial charge in [-0.1, -0.05) is 13.8 Å². The van der Waals surface area contributed by atoms with Gasteiger partial charge in [0.2, 0.25) is 0 Å². The Labute approximate surface area is 93.8 Å². The van der Waals surface area contributed by atoms with E-state index in [1.165, 1.54) is 6.42 Å². The average molecular weight is 214 g/mol. The molecule has 1 saturated heterocycles. The van der Waals surface area contributed by atoms with Crippen molar-refractivity contribution in [1.29, 1.82) is 0 Å². The van der Waals surface area contributed by atoms with Crippen LogP contribution >= 0.6 is 0 Å². The fourth-order valence-corrected chi connectivity index (χ4v) is 1.56. The maximum atomic E-state index is 6.14. The highest BCUT2D eigenvalue weighted by Gasteiger charge is 2.33. The minimum absolute atomic E-state index is 0.118. The fraction of sp³-hybridized carbons (Fsp3) is 1.00. The van der Waals surface area contributed by atoms with Gasteiger partial charge < -0.3 is 15.8 Å². The summed E-state index contributed by atoms with van der Waals surface area (Å²) < 4.78 is 5.34. The predicted molar refractivity (Wildman–Crippen MR) is 63.8 cm³/mol. The Balaban J connectivity index is 2.23. The maximum absolute atomic E-state index is 6.14. The summed E-state index contributed by atoms with van der Waals surface area (Å²) >= 11 is 0. The van der Waals surface area contributed by atoms with Gasteiger partial charge >= 0.3 is 0 Å².